The maximum atomic E-state index is 13.3. The molecule has 1 heterocycles. The number of aryl methyl sites for hydroxylation is 1. The Morgan fingerprint density at radius 1 is 0.941 bits per heavy atom. The van der Waals surface area contributed by atoms with Crippen LogP contribution in [0.5, 0.6) is 0 Å². The summed E-state index contributed by atoms with van der Waals surface area (Å²) in [5.74, 6) is -2.74. The molecular formula is C23H20I4N2O5. The summed E-state index contributed by atoms with van der Waals surface area (Å²) < 4.78 is 8.43. The number of para-hydroxylation sites is 1. The van der Waals surface area contributed by atoms with Gasteiger partial charge in [0.05, 0.1) is 11.1 Å². The molecule has 1 N–H and O–H groups in total. The molecule has 7 nitrogen and oxygen atoms in total. The Morgan fingerprint density at radius 3 is 1.97 bits per heavy atom. The number of esters is 1. The van der Waals surface area contributed by atoms with Crippen molar-refractivity contribution in [2.45, 2.75) is 33.2 Å². The van der Waals surface area contributed by atoms with Crippen LogP contribution < -0.4 is 5.32 Å². The largest absolute Gasteiger partial charge is 0.454 e. The van der Waals surface area contributed by atoms with Crippen LogP contribution in [0.2, 0.25) is 0 Å². The first-order chi connectivity index (χ1) is 16.0. The highest BCUT2D eigenvalue weighted by Crippen LogP contribution is 2.39. The number of halogens is 4. The predicted octanol–water partition coefficient (Wildman–Crippen LogP) is 5.47. The minimum Gasteiger partial charge on any atom is -0.454 e. The molecule has 0 radical (unpaired) electrons. The van der Waals surface area contributed by atoms with Crippen molar-refractivity contribution in [1.82, 2.24) is 4.90 Å². The third-order valence-corrected chi connectivity index (χ3v) is 12.7. The molecule has 0 aliphatic carbocycles. The summed E-state index contributed by atoms with van der Waals surface area (Å²) >= 11 is 8.43. The average molecular weight is 912 g/mol. The molecule has 1 aliphatic heterocycles. The van der Waals surface area contributed by atoms with Gasteiger partial charge in [-0.3, -0.25) is 19.3 Å². The highest BCUT2D eigenvalue weighted by molar-refractivity contribution is 14.1. The van der Waals surface area contributed by atoms with Gasteiger partial charge in [0.15, 0.2) is 6.61 Å². The third-order valence-electron chi connectivity index (χ3n) is 5.30. The van der Waals surface area contributed by atoms with E-state index in [2.05, 4.69) is 95.7 Å². The number of nitrogens with zero attached hydrogens (tertiary/aromatic N) is 1. The van der Waals surface area contributed by atoms with E-state index in [-0.39, 0.29) is 0 Å². The zero-order valence-corrected chi connectivity index (χ0v) is 27.0. The van der Waals surface area contributed by atoms with Crippen LogP contribution in [-0.4, -0.2) is 41.2 Å². The number of ether oxygens (including phenoxy) is 1. The first-order valence-electron chi connectivity index (χ1n) is 10.3. The van der Waals surface area contributed by atoms with Gasteiger partial charge in [-0.05, 0) is 114 Å². The van der Waals surface area contributed by atoms with Gasteiger partial charge in [-0.2, -0.15) is 0 Å². The highest BCUT2D eigenvalue weighted by atomic mass is 127. The first-order valence-corrected chi connectivity index (χ1v) is 14.6. The van der Waals surface area contributed by atoms with Crippen molar-refractivity contribution in [2.24, 2.45) is 5.92 Å². The monoisotopic (exact) mass is 912 g/mol. The van der Waals surface area contributed by atoms with Crippen molar-refractivity contribution in [3.05, 3.63) is 55.2 Å². The van der Waals surface area contributed by atoms with Crippen LogP contribution >= 0.6 is 90.4 Å². The van der Waals surface area contributed by atoms with E-state index in [0.29, 0.717) is 24.0 Å². The lowest BCUT2D eigenvalue weighted by molar-refractivity contribution is -0.152. The van der Waals surface area contributed by atoms with Gasteiger partial charge in [0.1, 0.15) is 6.04 Å². The molecule has 0 saturated heterocycles. The quantitative estimate of drug-likeness (QED) is 0.131. The van der Waals surface area contributed by atoms with Crippen molar-refractivity contribution in [3.63, 3.8) is 0 Å². The topological polar surface area (TPSA) is 92.8 Å². The van der Waals surface area contributed by atoms with Crippen LogP contribution in [0.3, 0.4) is 0 Å². The van der Waals surface area contributed by atoms with Crippen LogP contribution in [0.4, 0.5) is 5.69 Å². The molecule has 11 heteroatoms. The maximum absolute atomic E-state index is 13.3. The Bertz CT molecular complexity index is 1150. The summed E-state index contributed by atoms with van der Waals surface area (Å²) in [5.41, 5.74) is 2.24. The van der Waals surface area contributed by atoms with Gasteiger partial charge in [0.2, 0.25) is 0 Å². The molecule has 0 spiro atoms. The summed E-state index contributed by atoms with van der Waals surface area (Å²) in [7, 11) is 0. The van der Waals surface area contributed by atoms with E-state index in [0.717, 1.165) is 24.0 Å². The Hall–Kier alpha value is -0.560. The Morgan fingerprint density at radius 2 is 1.47 bits per heavy atom. The zero-order chi connectivity index (χ0) is 25.3. The number of nitrogens with one attached hydrogen (secondary N) is 1. The Kier molecular flexibility index (Phi) is 9.61. The predicted molar refractivity (Wildman–Crippen MR) is 162 cm³/mol. The molecule has 0 saturated carbocycles. The van der Waals surface area contributed by atoms with Crippen LogP contribution in [0.15, 0.2) is 24.3 Å². The molecular weight excluding hydrogens is 892 g/mol. The number of anilines is 1. The number of carbonyl (C=O) groups excluding carboxylic acids is 4. The van der Waals surface area contributed by atoms with Crippen LogP contribution in [0.1, 0.15) is 47.1 Å². The molecule has 0 aromatic heterocycles. The summed E-state index contributed by atoms with van der Waals surface area (Å²) in [4.78, 5) is 53.2. The smallest absolute Gasteiger partial charge is 0.330 e. The molecule has 180 valence electrons. The molecule has 2 aromatic rings. The van der Waals surface area contributed by atoms with Gasteiger partial charge in [-0.1, -0.05) is 39.0 Å². The van der Waals surface area contributed by atoms with E-state index in [1.165, 1.54) is 0 Å². The average Bonchev–Trinajstić information content (AvgIpc) is 3.05. The number of carbonyl (C=O) groups is 4. The van der Waals surface area contributed by atoms with Gasteiger partial charge >= 0.3 is 5.97 Å². The summed E-state index contributed by atoms with van der Waals surface area (Å²) in [6, 6.07) is 6.23. The number of rotatable bonds is 7. The maximum Gasteiger partial charge on any atom is 0.330 e. The van der Waals surface area contributed by atoms with Gasteiger partial charge in [-0.25, -0.2) is 4.79 Å². The summed E-state index contributed by atoms with van der Waals surface area (Å²) in [6.07, 6.45) is 0.737. The minimum absolute atomic E-state index is 0.312. The van der Waals surface area contributed by atoms with Crippen molar-refractivity contribution < 1.29 is 23.9 Å². The summed E-state index contributed by atoms with van der Waals surface area (Å²) in [5, 5.41) is 2.75. The van der Waals surface area contributed by atoms with Gasteiger partial charge in [0, 0.05) is 20.0 Å². The number of fused-ring (bicyclic) bond motifs is 1. The van der Waals surface area contributed by atoms with E-state index >= 15 is 0 Å². The molecule has 0 bridgehead atoms. The minimum atomic E-state index is -1.15. The van der Waals surface area contributed by atoms with Crippen molar-refractivity contribution in [1.29, 1.82) is 0 Å². The number of hydrogen-bond acceptors (Lipinski definition) is 5. The van der Waals surface area contributed by atoms with E-state index < -0.39 is 42.3 Å². The molecule has 2 aromatic carbocycles. The first kappa shape index (κ1) is 28.0. The van der Waals surface area contributed by atoms with E-state index in [1.54, 1.807) is 19.9 Å². The molecule has 34 heavy (non-hydrogen) atoms. The molecule has 1 unspecified atom stereocenters. The van der Waals surface area contributed by atoms with Crippen LogP contribution in [0, 0.1) is 20.2 Å². The number of hydrogen-bond donors (Lipinski definition) is 1. The van der Waals surface area contributed by atoms with Gasteiger partial charge in [0.25, 0.3) is 17.7 Å². The van der Waals surface area contributed by atoms with Crippen molar-refractivity contribution in [3.8, 4) is 0 Å². The number of amides is 3. The number of benzene rings is 2. The molecule has 3 amide bonds. The fourth-order valence-electron chi connectivity index (χ4n) is 3.65. The van der Waals surface area contributed by atoms with Crippen molar-refractivity contribution >= 4 is 120 Å². The van der Waals surface area contributed by atoms with E-state index in [4.69, 9.17) is 4.74 Å². The van der Waals surface area contributed by atoms with Gasteiger partial charge < -0.3 is 10.1 Å². The molecule has 0 fully saturated rings. The second-order valence-electron chi connectivity index (χ2n) is 7.84. The fraction of sp³-hybridized carbons (Fsp3) is 0.304. The Balaban J connectivity index is 1.81. The van der Waals surface area contributed by atoms with Gasteiger partial charge in [-0.15, -0.1) is 0 Å². The second-order valence-corrected chi connectivity index (χ2v) is 12.2. The lowest BCUT2D eigenvalue weighted by Crippen LogP contribution is -2.49. The zero-order valence-electron chi connectivity index (χ0n) is 18.4. The lowest BCUT2D eigenvalue weighted by atomic mass is 10.0. The normalized spacial score (nSPS) is 13.8. The SMILES string of the molecule is CCc1ccccc1NC(=O)COC(=O)C(C(C)C)N1C(=O)c2c(I)c(I)c(I)c(I)c2C1=O. The molecule has 1 atom stereocenters. The molecule has 3 rings (SSSR count). The van der Waals surface area contributed by atoms with Crippen LogP contribution in [-0.2, 0) is 20.7 Å². The van der Waals surface area contributed by atoms with Crippen molar-refractivity contribution in [2.75, 3.05) is 11.9 Å². The second kappa shape index (κ2) is 11.7. The Labute approximate surface area is 252 Å². The third kappa shape index (κ3) is 5.40. The van der Waals surface area contributed by atoms with E-state index in [1.807, 2.05) is 25.1 Å². The van der Waals surface area contributed by atoms with Crippen LogP contribution in [0.25, 0.3) is 0 Å². The summed E-state index contributed by atoms with van der Waals surface area (Å²) in [6.45, 7) is 4.92. The lowest BCUT2D eigenvalue weighted by Gasteiger charge is -2.27. The fourth-order valence-corrected chi connectivity index (χ4v) is 7.30. The molecule has 1 aliphatic rings. The highest BCUT2D eigenvalue weighted by Gasteiger charge is 2.47. The standard InChI is InChI=1S/C23H20I4N2O5/c1-4-11-7-5-6-8-12(11)28-13(30)9-34-23(33)20(10(2)3)29-21(31)14-15(22(29)32)17(25)19(27)18(26)16(14)24/h5-8,10,20H,4,9H2,1-3H3,(H,28,30). The number of imide groups is 1. The van der Waals surface area contributed by atoms with E-state index in [9.17, 15) is 19.2 Å².